The third-order valence-corrected chi connectivity index (χ3v) is 2.63. The molecular formula is C15H23NO4. The lowest BCUT2D eigenvalue weighted by Crippen LogP contribution is -2.15. The molecule has 0 aromatic heterocycles. The first kappa shape index (κ1) is 16.6. The summed E-state index contributed by atoms with van der Waals surface area (Å²) in [5, 5.41) is 13.9. The van der Waals surface area contributed by atoms with Gasteiger partial charge in [0.1, 0.15) is 0 Å². The Labute approximate surface area is 120 Å². The van der Waals surface area contributed by atoms with E-state index in [1.807, 2.05) is 37.3 Å². The van der Waals surface area contributed by atoms with E-state index < -0.39 is 6.10 Å². The molecule has 112 valence electrons. The average molecular weight is 281 g/mol. The maximum atomic E-state index is 9.96. The van der Waals surface area contributed by atoms with Crippen molar-refractivity contribution in [2.45, 2.75) is 25.9 Å². The molecule has 0 bridgehead atoms. The van der Waals surface area contributed by atoms with Crippen LogP contribution in [0, 0.1) is 0 Å². The van der Waals surface area contributed by atoms with Crippen molar-refractivity contribution < 1.29 is 19.4 Å². The summed E-state index contributed by atoms with van der Waals surface area (Å²) >= 11 is 0. The van der Waals surface area contributed by atoms with Gasteiger partial charge in [0.25, 0.3) is 0 Å². The molecule has 1 rings (SSSR count). The largest absolute Gasteiger partial charge is 0.392 e. The van der Waals surface area contributed by atoms with E-state index in [-0.39, 0.29) is 6.79 Å². The molecule has 5 heteroatoms. The van der Waals surface area contributed by atoms with Crippen molar-refractivity contribution in [2.75, 3.05) is 27.1 Å². The first-order valence-corrected chi connectivity index (χ1v) is 6.66. The van der Waals surface area contributed by atoms with E-state index in [0.717, 1.165) is 11.3 Å². The predicted molar refractivity (Wildman–Crippen MR) is 77.7 cm³/mol. The maximum absolute atomic E-state index is 9.96. The molecule has 0 heterocycles. The Balaban J connectivity index is 2.18. The van der Waals surface area contributed by atoms with Gasteiger partial charge >= 0.3 is 0 Å². The van der Waals surface area contributed by atoms with Gasteiger partial charge < -0.3 is 19.4 Å². The van der Waals surface area contributed by atoms with Gasteiger partial charge in [-0.3, -0.25) is 0 Å². The topological polar surface area (TPSA) is 60.3 Å². The van der Waals surface area contributed by atoms with Crippen molar-refractivity contribution in [3.63, 3.8) is 0 Å². The van der Waals surface area contributed by atoms with E-state index in [1.165, 1.54) is 0 Å². The highest BCUT2D eigenvalue weighted by Gasteiger charge is 2.07. The lowest BCUT2D eigenvalue weighted by Gasteiger charge is -2.10. The normalized spacial score (nSPS) is 13.2. The van der Waals surface area contributed by atoms with Crippen molar-refractivity contribution in [3.8, 4) is 0 Å². The van der Waals surface area contributed by atoms with Gasteiger partial charge in [0, 0.05) is 13.5 Å². The summed E-state index contributed by atoms with van der Waals surface area (Å²) in [7, 11) is 1.61. The first-order valence-electron chi connectivity index (χ1n) is 6.66. The molecular weight excluding hydrogens is 258 g/mol. The Morgan fingerprint density at radius 3 is 2.70 bits per heavy atom. The number of oxime groups is 1. The molecule has 0 aliphatic heterocycles. The van der Waals surface area contributed by atoms with Crippen molar-refractivity contribution in [2.24, 2.45) is 5.16 Å². The molecule has 0 fully saturated rings. The minimum atomic E-state index is -0.459. The zero-order valence-corrected chi connectivity index (χ0v) is 12.1. The summed E-state index contributed by atoms with van der Waals surface area (Å²) in [6, 6.07) is 9.87. The van der Waals surface area contributed by atoms with Crippen molar-refractivity contribution in [1.82, 2.24) is 0 Å². The minimum absolute atomic E-state index is 0.0927. The summed E-state index contributed by atoms with van der Waals surface area (Å²) in [6.45, 7) is 2.92. The van der Waals surface area contributed by atoms with Gasteiger partial charge in [0.2, 0.25) is 6.79 Å². The average Bonchev–Trinajstić information content (AvgIpc) is 2.43. The number of benzene rings is 1. The van der Waals surface area contributed by atoms with E-state index in [0.29, 0.717) is 26.1 Å². The van der Waals surface area contributed by atoms with Crippen LogP contribution >= 0.6 is 0 Å². The highest BCUT2D eigenvalue weighted by Crippen LogP contribution is 2.06. The highest BCUT2D eigenvalue weighted by molar-refractivity contribution is 5.81. The predicted octanol–water partition coefficient (Wildman–Crippen LogP) is 1.99. The molecule has 1 N–H and O–H groups in total. The molecule has 5 nitrogen and oxygen atoms in total. The van der Waals surface area contributed by atoms with E-state index in [9.17, 15) is 5.11 Å². The maximum Gasteiger partial charge on any atom is 0.216 e. The van der Waals surface area contributed by atoms with E-state index in [2.05, 4.69) is 5.16 Å². The Morgan fingerprint density at radius 2 is 2.00 bits per heavy atom. The van der Waals surface area contributed by atoms with Crippen LogP contribution < -0.4 is 0 Å². The second-order valence-corrected chi connectivity index (χ2v) is 4.52. The van der Waals surface area contributed by atoms with Crippen molar-refractivity contribution in [1.29, 1.82) is 0 Å². The zero-order valence-electron chi connectivity index (χ0n) is 12.1. The number of ether oxygens (including phenoxy) is 2. The number of aliphatic hydroxyl groups excluding tert-OH is 1. The van der Waals surface area contributed by atoms with Gasteiger partial charge in [-0.2, -0.15) is 0 Å². The molecule has 0 saturated carbocycles. The molecule has 0 radical (unpaired) electrons. The molecule has 0 amide bonds. The summed E-state index contributed by atoms with van der Waals surface area (Å²) < 4.78 is 9.94. The van der Waals surface area contributed by atoms with Crippen LogP contribution in [0.25, 0.3) is 0 Å². The first-order chi connectivity index (χ1) is 9.72. The highest BCUT2D eigenvalue weighted by atomic mass is 16.7. The molecule has 0 aliphatic rings. The summed E-state index contributed by atoms with van der Waals surface area (Å²) in [4.78, 5) is 4.99. The number of rotatable bonds is 10. The van der Waals surface area contributed by atoms with Crippen molar-refractivity contribution in [3.05, 3.63) is 35.9 Å². The summed E-state index contributed by atoms with van der Waals surface area (Å²) in [6.07, 6.45) is 0.629. The van der Waals surface area contributed by atoms with Crippen LogP contribution in [0.4, 0.5) is 0 Å². The van der Waals surface area contributed by atoms with Gasteiger partial charge in [-0.05, 0) is 18.9 Å². The van der Waals surface area contributed by atoms with E-state index >= 15 is 0 Å². The number of methoxy groups -OCH3 is 1. The quantitative estimate of drug-likeness (QED) is 0.308. The van der Waals surface area contributed by atoms with Gasteiger partial charge in [-0.25, -0.2) is 0 Å². The molecule has 1 unspecified atom stereocenters. The molecule has 0 aliphatic carbocycles. The smallest absolute Gasteiger partial charge is 0.216 e. The number of nitrogens with zero attached hydrogens (tertiary/aromatic N) is 1. The van der Waals surface area contributed by atoms with Crippen LogP contribution in [0.5, 0.6) is 0 Å². The van der Waals surface area contributed by atoms with Gasteiger partial charge in [-0.1, -0.05) is 35.5 Å². The standard InChI is InChI=1S/C15H23NO4/c1-13(16-20-12-19-9-8-18-2)10-15(17)11-14-6-4-3-5-7-14/h3-7,15,17H,8-12H2,1-2H3/b16-13+. The Hall–Kier alpha value is -1.43. The Morgan fingerprint density at radius 1 is 1.25 bits per heavy atom. The van der Waals surface area contributed by atoms with Crippen LogP contribution in [-0.2, 0) is 20.7 Å². The lowest BCUT2D eigenvalue weighted by molar-refractivity contribution is -0.0647. The fourth-order valence-corrected chi connectivity index (χ4v) is 1.71. The number of hydrogen-bond acceptors (Lipinski definition) is 5. The lowest BCUT2D eigenvalue weighted by atomic mass is 10.0. The van der Waals surface area contributed by atoms with Gasteiger partial charge in [0.15, 0.2) is 0 Å². The van der Waals surface area contributed by atoms with Gasteiger partial charge in [0.05, 0.1) is 25.0 Å². The number of aliphatic hydroxyl groups is 1. The van der Waals surface area contributed by atoms with Gasteiger partial charge in [-0.15, -0.1) is 0 Å². The fraction of sp³-hybridized carbons (Fsp3) is 0.533. The molecule has 1 aromatic rings. The number of hydrogen-bond donors (Lipinski definition) is 1. The minimum Gasteiger partial charge on any atom is -0.392 e. The molecule has 20 heavy (non-hydrogen) atoms. The van der Waals surface area contributed by atoms with Crippen LogP contribution in [0.1, 0.15) is 18.9 Å². The third-order valence-electron chi connectivity index (χ3n) is 2.63. The Bertz CT molecular complexity index is 381. The van der Waals surface area contributed by atoms with Crippen molar-refractivity contribution >= 4 is 5.71 Å². The van der Waals surface area contributed by atoms with Crippen LogP contribution in [-0.4, -0.2) is 44.0 Å². The van der Waals surface area contributed by atoms with E-state index in [4.69, 9.17) is 14.3 Å². The molecule has 1 atom stereocenters. The fourth-order valence-electron chi connectivity index (χ4n) is 1.71. The SMILES string of the molecule is COCCOCO/N=C(\C)CC(O)Cc1ccccc1. The van der Waals surface area contributed by atoms with Crippen LogP contribution in [0.3, 0.4) is 0 Å². The third kappa shape index (κ3) is 7.89. The Kier molecular flexibility index (Phi) is 8.62. The summed E-state index contributed by atoms with van der Waals surface area (Å²) in [5.74, 6) is 0. The zero-order chi connectivity index (χ0) is 14.6. The second kappa shape index (κ2) is 10.4. The molecule has 0 spiro atoms. The van der Waals surface area contributed by atoms with Crippen LogP contribution in [0.2, 0.25) is 0 Å². The molecule has 0 saturated heterocycles. The summed E-state index contributed by atoms with van der Waals surface area (Å²) in [5.41, 5.74) is 1.85. The monoisotopic (exact) mass is 281 g/mol. The van der Waals surface area contributed by atoms with E-state index in [1.54, 1.807) is 7.11 Å². The van der Waals surface area contributed by atoms with Crippen LogP contribution in [0.15, 0.2) is 35.5 Å². The molecule has 1 aromatic carbocycles. The second-order valence-electron chi connectivity index (χ2n) is 4.52.